The third kappa shape index (κ3) is 6.27. The molecule has 0 unspecified atom stereocenters. The topological polar surface area (TPSA) is 56.8 Å². The molecule has 0 radical (unpaired) electrons. The summed E-state index contributed by atoms with van der Waals surface area (Å²) in [6, 6.07) is 15.0. The second kappa shape index (κ2) is 10.9. The standard InChI is InChI=1S/C26H29FN4O2S/c1-19-3-5-21(6-4-19)15-29(16-22-7-9-23(27)10-8-22)17-25-28-24(18-34-25)26(33)31-13-11-30(12-14-31)20(2)32/h3-10,18H,11-17H2,1-2H3. The Morgan fingerprint density at radius 3 is 2.06 bits per heavy atom. The highest BCUT2D eigenvalue weighted by Gasteiger charge is 2.25. The van der Waals surface area contributed by atoms with Crippen LogP contribution in [0.15, 0.2) is 53.9 Å². The molecule has 0 bridgehead atoms. The van der Waals surface area contributed by atoms with Crippen LogP contribution in [0.1, 0.15) is 39.1 Å². The maximum Gasteiger partial charge on any atom is 0.273 e. The van der Waals surface area contributed by atoms with Crippen LogP contribution in [0.4, 0.5) is 4.39 Å². The van der Waals surface area contributed by atoms with Gasteiger partial charge in [-0.25, -0.2) is 9.37 Å². The number of piperazine rings is 1. The van der Waals surface area contributed by atoms with Crippen molar-refractivity contribution in [3.8, 4) is 0 Å². The summed E-state index contributed by atoms with van der Waals surface area (Å²) in [5.41, 5.74) is 3.86. The van der Waals surface area contributed by atoms with Crippen LogP contribution in [0, 0.1) is 12.7 Å². The first-order chi connectivity index (χ1) is 16.4. The fourth-order valence-electron chi connectivity index (χ4n) is 4.03. The number of nitrogens with zero attached hydrogens (tertiary/aromatic N) is 4. The van der Waals surface area contributed by atoms with Crippen molar-refractivity contribution in [3.05, 3.63) is 87.1 Å². The molecule has 6 nitrogen and oxygen atoms in total. The molecule has 2 heterocycles. The zero-order valence-corrected chi connectivity index (χ0v) is 20.4. The number of rotatable bonds is 7. The number of carbonyl (C=O) groups is 2. The molecule has 0 saturated carbocycles. The second-order valence-electron chi connectivity index (χ2n) is 8.68. The predicted molar refractivity (Wildman–Crippen MR) is 131 cm³/mol. The lowest BCUT2D eigenvalue weighted by atomic mass is 10.1. The summed E-state index contributed by atoms with van der Waals surface area (Å²) < 4.78 is 13.4. The van der Waals surface area contributed by atoms with E-state index in [2.05, 4.69) is 41.1 Å². The first-order valence-corrected chi connectivity index (χ1v) is 12.3. The smallest absolute Gasteiger partial charge is 0.273 e. The van der Waals surface area contributed by atoms with Crippen molar-refractivity contribution in [2.24, 2.45) is 0 Å². The molecular formula is C26H29FN4O2S. The summed E-state index contributed by atoms with van der Waals surface area (Å²) in [5.74, 6) is -0.298. The van der Waals surface area contributed by atoms with E-state index in [1.165, 1.54) is 34.6 Å². The Bertz CT molecular complexity index is 1070. The van der Waals surface area contributed by atoms with E-state index in [4.69, 9.17) is 0 Å². The van der Waals surface area contributed by atoms with Crippen LogP contribution < -0.4 is 0 Å². The normalized spacial score (nSPS) is 14.0. The van der Waals surface area contributed by atoms with Crippen molar-refractivity contribution in [2.45, 2.75) is 33.5 Å². The van der Waals surface area contributed by atoms with Crippen LogP contribution in [0.25, 0.3) is 0 Å². The number of benzene rings is 2. The molecular weight excluding hydrogens is 451 g/mol. The van der Waals surface area contributed by atoms with Crippen LogP contribution in [0.5, 0.6) is 0 Å². The van der Waals surface area contributed by atoms with Gasteiger partial charge in [0.05, 0.1) is 6.54 Å². The molecule has 1 fully saturated rings. The zero-order chi connectivity index (χ0) is 24.1. The predicted octanol–water partition coefficient (Wildman–Crippen LogP) is 4.10. The number of amides is 2. The van der Waals surface area contributed by atoms with E-state index >= 15 is 0 Å². The van der Waals surface area contributed by atoms with E-state index in [1.807, 2.05) is 5.38 Å². The lowest BCUT2D eigenvalue weighted by Crippen LogP contribution is -2.50. The van der Waals surface area contributed by atoms with Gasteiger partial charge < -0.3 is 9.80 Å². The van der Waals surface area contributed by atoms with Crippen LogP contribution in [-0.4, -0.2) is 57.7 Å². The molecule has 3 aromatic rings. The third-order valence-corrected chi connectivity index (χ3v) is 6.82. The Morgan fingerprint density at radius 1 is 0.912 bits per heavy atom. The van der Waals surface area contributed by atoms with E-state index in [1.54, 1.807) is 28.9 Å². The molecule has 2 amide bonds. The summed E-state index contributed by atoms with van der Waals surface area (Å²) in [5, 5.41) is 2.68. The van der Waals surface area contributed by atoms with Gasteiger partial charge in [0.25, 0.3) is 5.91 Å². The van der Waals surface area contributed by atoms with E-state index < -0.39 is 0 Å². The van der Waals surface area contributed by atoms with Crippen molar-refractivity contribution in [1.82, 2.24) is 19.7 Å². The summed E-state index contributed by atoms with van der Waals surface area (Å²) in [6.45, 7) is 7.72. The summed E-state index contributed by atoms with van der Waals surface area (Å²) in [4.78, 5) is 34.9. The Morgan fingerprint density at radius 2 is 1.47 bits per heavy atom. The van der Waals surface area contributed by atoms with Gasteiger partial charge in [0.15, 0.2) is 0 Å². The average Bonchev–Trinajstić information content (AvgIpc) is 3.30. The van der Waals surface area contributed by atoms with E-state index in [0.717, 1.165) is 10.6 Å². The number of aryl methyl sites for hydroxylation is 1. The molecule has 1 aromatic heterocycles. The number of aromatic nitrogens is 1. The van der Waals surface area contributed by atoms with Gasteiger partial charge in [-0.1, -0.05) is 42.0 Å². The monoisotopic (exact) mass is 480 g/mol. The molecule has 4 rings (SSSR count). The molecule has 0 N–H and O–H groups in total. The fraction of sp³-hybridized carbons (Fsp3) is 0.346. The SMILES string of the molecule is CC(=O)N1CCN(C(=O)c2csc(CN(Cc3ccc(C)cc3)Cc3ccc(F)cc3)n2)CC1. The van der Waals surface area contributed by atoms with Gasteiger partial charge in [-0.3, -0.25) is 14.5 Å². The minimum Gasteiger partial charge on any atom is -0.339 e. The Labute approximate surface area is 203 Å². The lowest BCUT2D eigenvalue weighted by molar-refractivity contribution is -0.130. The van der Waals surface area contributed by atoms with Crippen molar-refractivity contribution < 1.29 is 14.0 Å². The van der Waals surface area contributed by atoms with Crippen LogP contribution >= 0.6 is 11.3 Å². The Hall–Kier alpha value is -3.10. The highest BCUT2D eigenvalue weighted by molar-refractivity contribution is 7.09. The highest BCUT2D eigenvalue weighted by atomic mass is 32.1. The lowest BCUT2D eigenvalue weighted by Gasteiger charge is -2.33. The maximum atomic E-state index is 13.4. The second-order valence-corrected chi connectivity index (χ2v) is 9.62. The number of carbonyl (C=O) groups excluding carboxylic acids is 2. The summed E-state index contributed by atoms with van der Waals surface area (Å²) in [7, 11) is 0. The van der Waals surface area contributed by atoms with Gasteiger partial charge in [-0.15, -0.1) is 11.3 Å². The first-order valence-electron chi connectivity index (χ1n) is 11.4. The molecule has 1 aliphatic heterocycles. The molecule has 8 heteroatoms. The van der Waals surface area contributed by atoms with E-state index in [9.17, 15) is 14.0 Å². The van der Waals surface area contributed by atoms with Crippen LogP contribution in [-0.2, 0) is 24.4 Å². The van der Waals surface area contributed by atoms with Crippen molar-refractivity contribution in [1.29, 1.82) is 0 Å². The fourth-order valence-corrected chi connectivity index (χ4v) is 4.84. The minimum atomic E-state index is -0.249. The molecule has 0 aliphatic carbocycles. The third-order valence-electron chi connectivity index (χ3n) is 5.99. The number of halogens is 1. The Balaban J connectivity index is 1.44. The van der Waals surface area contributed by atoms with Gasteiger partial charge in [-0.2, -0.15) is 0 Å². The van der Waals surface area contributed by atoms with Crippen LogP contribution in [0.2, 0.25) is 0 Å². The molecule has 178 valence electrons. The molecule has 34 heavy (non-hydrogen) atoms. The van der Waals surface area contributed by atoms with E-state index in [0.29, 0.717) is 51.5 Å². The quantitative estimate of drug-likeness (QED) is 0.511. The van der Waals surface area contributed by atoms with Gasteiger partial charge in [0, 0.05) is 51.6 Å². The summed E-state index contributed by atoms with van der Waals surface area (Å²) in [6.07, 6.45) is 0. The molecule has 2 aromatic carbocycles. The number of hydrogen-bond acceptors (Lipinski definition) is 5. The molecule has 1 aliphatic rings. The van der Waals surface area contributed by atoms with Crippen molar-refractivity contribution in [3.63, 3.8) is 0 Å². The largest absolute Gasteiger partial charge is 0.339 e. The molecule has 1 saturated heterocycles. The van der Waals surface area contributed by atoms with Crippen molar-refractivity contribution in [2.75, 3.05) is 26.2 Å². The van der Waals surface area contributed by atoms with Crippen LogP contribution in [0.3, 0.4) is 0 Å². The molecule has 0 atom stereocenters. The number of thiazole rings is 1. The summed E-state index contributed by atoms with van der Waals surface area (Å²) >= 11 is 1.48. The highest BCUT2D eigenvalue weighted by Crippen LogP contribution is 2.19. The van der Waals surface area contributed by atoms with Gasteiger partial charge in [-0.05, 0) is 30.2 Å². The van der Waals surface area contributed by atoms with E-state index in [-0.39, 0.29) is 17.6 Å². The maximum absolute atomic E-state index is 13.4. The van der Waals surface area contributed by atoms with Gasteiger partial charge in [0.2, 0.25) is 5.91 Å². The molecule has 0 spiro atoms. The number of hydrogen-bond donors (Lipinski definition) is 0. The van der Waals surface area contributed by atoms with Crippen molar-refractivity contribution >= 4 is 23.2 Å². The Kier molecular flexibility index (Phi) is 7.70. The average molecular weight is 481 g/mol. The minimum absolute atomic E-state index is 0.0397. The zero-order valence-electron chi connectivity index (χ0n) is 19.5. The van der Waals surface area contributed by atoms with Gasteiger partial charge in [0.1, 0.15) is 16.5 Å². The van der Waals surface area contributed by atoms with Gasteiger partial charge >= 0.3 is 0 Å². The first kappa shape index (κ1) is 24.0.